The average molecular weight is 536 g/mol. The van der Waals surface area contributed by atoms with Crippen LogP contribution in [-0.4, -0.2) is 49.4 Å². The van der Waals surface area contributed by atoms with Crippen LogP contribution in [0, 0.1) is 12.8 Å². The van der Waals surface area contributed by atoms with Crippen molar-refractivity contribution in [3.63, 3.8) is 0 Å². The molecule has 0 saturated carbocycles. The Bertz CT molecular complexity index is 1650. The molecule has 8 bridgehead atoms. The van der Waals surface area contributed by atoms with Gasteiger partial charge in [0.15, 0.2) is 5.78 Å². The maximum absolute atomic E-state index is 13.3. The van der Waals surface area contributed by atoms with Crippen LogP contribution >= 0.6 is 11.3 Å². The number of anilines is 2. The van der Waals surface area contributed by atoms with Crippen LogP contribution in [0.2, 0.25) is 0 Å². The fourth-order valence-corrected chi connectivity index (χ4v) is 7.46. The second-order valence-electron chi connectivity index (χ2n) is 9.41. The summed E-state index contributed by atoms with van der Waals surface area (Å²) in [5, 5.41) is 0. The van der Waals surface area contributed by atoms with E-state index in [-0.39, 0.29) is 22.2 Å². The molecule has 11 heteroatoms. The molecule has 0 amide bonds. The van der Waals surface area contributed by atoms with Crippen LogP contribution in [-0.2, 0) is 10.0 Å². The van der Waals surface area contributed by atoms with Crippen molar-refractivity contribution in [1.29, 1.82) is 0 Å². The van der Waals surface area contributed by atoms with E-state index in [2.05, 4.69) is 24.6 Å². The highest BCUT2D eigenvalue weighted by Crippen LogP contribution is 2.43. The normalized spacial score (nSPS) is 18.9. The van der Waals surface area contributed by atoms with Crippen LogP contribution in [0.5, 0.6) is 5.88 Å². The number of aromatic nitrogens is 3. The third-order valence-electron chi connectivity index (χ3n) is 7.07. The number of hydrogen-bond acceptors (Lipinski definition) is 9. The van der Waals surface area contributed by atoms with E-state index < -0.39 is 10.0 Å². The predicted molar refractivity (Wildman–Crippen MR) is 143 cm³/mol. The first-order chi connectivity index (χ1) is 17.8. The molecular weight excluding hydrogens is 510 g/mol. The predicted octanol–water partition coefficient (Wildman–Crippen LogP) is 4.67. The quantitative estimate of drug-likeness (QED) is 0.374. The number of carbonyl (C=O) groups is 1. The Morgan fingerprint density at radius 1 is 1.14 bits per heavy atom. The van der Waals surface area contributed by atoms with Gasteiger partial charge in [-0.3, -0.25) is 9.52 Å². The number of fused-ring (bicyclic) bond motifs is 9. The molecule has 1 saturated heterocycles. The van der Waals surface area contributed by atoms with E-state index in [1.54, 1.807) is 42.1 Å². The number of thiophene rings is 1. The van der Waals surface area contributed by atoms with Crippen LogP contribution in [0.15, 0.2) is 47.8 Å². The Morgan fingerprint density at radius 3 is 2.84 bits per heavy atom. The molecule has 2 aliphatic rings. The molecule has 190 valence electrons. The standard InChI is InChI=1S/C26H25N5O4S2/c1-15-22-24-25(29-14-28-22)31-9-8-16(13-31)6-7-21(32)17-4-3-5-19(10-17)37(33,34)30-20-11-18(23(15)36-24)12-27-26(20)35-2/h3-5,10-12,14,16,30H,6-9,13H2,1-2H3/t16-/m1/s1. The Morgan fingerprint density at radius 2 is 2.00 bits per heavy atom. The summed E-state index contributed by atoms with van der Waals surface area (Å²) in [5.74, 6) is 1.34. The summed E-state index contributed by atoms with van der Waals surface area (Å²) in [5.41, 5.74) is 3.19. The molecule has 1 N–H and O–H groups in total. The summed E-state index contributed by atoms with van der Waals surface area (Å²) < 4.78 is 35.7. The second-order valence-corrected chi connectivity index (χ2v) is 12.1. The maximum Gasteiger partial charge on any atom is 0.262 e. The van der Waals surface area contributed by atoms with Gasteiger partial charge in [0.2, 0.25) is 5.88 Å². The van der Waals surface area contributed by atoms with Gasteiger partial charge in [0.1, 0.15) is 17.8 Å². The summed E-state index contributed by atoms with van der Waals surface area (Å²) in [6.07, 6.45) is 5.34. The van der Waals surface area contributed by atoms with Crippen molar-refractivity contribution in [2.24, 2.45) is 5.92 Å². The number of rotatable bonds is 1. The number of Topliss-reactive ketones (excluding diaryl/α,β-unsaturated/α-hetero) is 1. The van der Waals surface area contributed by atoms with Crippen molar-refractivity contribution in [2.75, 3.05) is 29.8 Å². The molecule has 1 fully saturated rings. The van der Waals surface area contributed by atoms with Crippen molar-refractivity contribution >= 4 is 48.9 Å². The average Bonchev–Trinajstić information content (AvgIpc) is 3.51. The minimum Gasteiger partial charge on any atom is -0.480 e. The number of nitrogens with zero attached hydrogens (tertiary/aromatic N) is 4. The van der Waals surface area contributed by atoms with E-state index in [4.69, 9.17) is 4.74 Å². The summed E-state index contributed by atoms with van der Waals surface area (Å²) >= 11 is 1.57. The molecule has 1 aromatic carbocycles. The number of aryl methyl sites for hydroxylation is 1. The van der Waals surface area contributed by atoms with Crippen LogP contribution in [0.3, 0.4) is 0 Å². The molecule has 4 aromatic rings. The molecule has 3 aromatic heterocycles. The molecule has 5 heterocycles. The molecule has 2 aliphatic heterocycles. The summed E-state index contributed by atoms with van der Waals surface area (Å²) in [6.45, 7) is 3.69. The Balaban J connectivity index is 1.54. The molecule has 0 radical (unpaired) electrons. The largest absolute Gasteiger partial charge is 0.480 e. The maximum atomic E-state index is 13.3. The first kappa shape index (κ1) is 23.8. The second kappa shape index (κ2) is 9.07. The van der Waals surface area contributed by atoms with Crippen molar-refractivity contribution < 1.29 is 17.9 Å². The molecule has 0 unspecified atom stereocenters. The highest BCUT2D eigenvalue weighted by Gasteiger charge is 2.28. The zero-order valence-corrected chi connectivity index (χ0v) is 22.0. The first-order valence-electron chi connectivity index (χ1n) is 12.0. The molecule has 0 spiro atoms. The molecule has 9 nitrogen and oxygen atoms in total. The number of hydrogen-bond donors (Lipinski definition) is 1. The van der Waals surface area contributed by atoms with Gasteiger partial charge in [-0.25, -0.2) is 23.4 Å². The van der Waals surface area contributed by atoms with E-state index >= 15 is 0 Å². The van der Waals surface area contributed by atoms with Gasteiger partial charge in [0, 0.05) is 41.7 Å². The number of methoxy groups -OCH3 is 1. The zero-order chi connectivity index (χ0) is 25.7. The lowest BCUT2D eigenvalue weighted by molar-refractivity contribution is 0.0974. The van der Waals surface area contributed by atoms with Crippen LogP contribution in [0.1, 0.15) is 35.2 Å². The third-order valence-corrected chi connectivity index (χ3v) is 9.76. The van der Waals surface area contributed by atoms with Gasteiger partial charge >= 0.3 is 0 Å². The Labute approximate surface area is 218 Å². The molecule has 6 rings (SSSR count). The fraction of sp³-hybridized carbons (Fsp3) is 0.308. The van der Waals surface area contributed by atoms with Crippen molar-refractivity contribution in [1.82, 2.24) is 15.0 Å². The third kappa shape index (κ3) is 4.21. The van der Waals surface area contributed by atoms with E-state index in [0.717, 1.165) is 58.0 Å². The van der Waals surface area contributed by atoms with Gasteiger partial charge in [-0.15, -0.1) is 11.3 Å². The number of benzene rings is 1. The Hall–Kier alpha value is -3.57. The van der Waals surface area contributed by atoms with Gasteiger partial charge in [-0.1, -0.05) is 12.1 Å². The summed E-state index contributed by atoms with van der Waals surface area (Å²) in [4.78, 5) is 29.8. The van der Waals surface area contributed by atoms with Crippen molar-refractivity contribution in [3.05, 3.63) is 54.0 Å². The lowest BCUT2D eigenvalue weighted by atomic mass is 9.98. The van der Waals surface area contributed by atoms with Gasteiger partial charge in [-0.2, -0.15) is 0 Å². The number of ketones is 1. The first-order valence-corrected chi connectivity index (χ1v) is 14.3. The van der Waals surface area contributed by atoms with Crippen LogP contribution in [0.4, 0.5) is 11.5 Å². The van der Waals surface area contributed by atoms with Gasteiger partial charge < -0.3 is 9.64 Å². The van der Waals surface area contributed by atoms with Crippen molar-refractivity contribution in [3.8, 4) is 16.3 Å². The van der Waals surface area contributed by atoms with Crippen LogP contribution < -0.4 is 14.4 Å². The van der Waals surface area contributed by atoms with Gasteiger partial charge in [0.25, 0.3) is 10.0 Å². The highest BCUT2D eigenvalue weighted by atomic mass is 32.2. The molecule has 0 aliphatic carbocycles. The van der Waals surface area contributed by atoms with Gasteiger partial charge in [0.05, 0.1) is 22.2 Å². The smallest absolute Gasteiger partial charge is 0.262 e. The lowest BCUT2D eigenvalue weighted by Gasteiger charge is -2.18. The van der Waals surface area contributed by atoms with E-state index in [1.807, 2.05) is 6.92 Å². The minimum atomic E-state index is -4.01. The SMILES string of the molecule is COc1ncc2cc1NS(=O)(=O)c1cccc(c1)C(=O)CC[C@@H]1CCN(C1)c1ncnc3c(C)c-2sc13. The summed E-state index contributed by atoms with van der Waals surface area (Å²) in [7, 11) is -2.57. The van der Waals surface area contributed by atoms with E-state index in [1.165, 1.54) is 19.2 Å². The summed E-state index contributed by atoms with van der Waals surface area (Å²) in [6, 6.07) is 7.90. The minimum absolute atomic E-state index is 0.0110. The topological polar surface area (TPSA) is 114 Å². The highest BCUT2D eigenvalue weighted by molar-refractivity contribution is 7.92. The van der Waals surface area contributed by atoms with Crippen LogP contribution in [0.25, 0.3) is 20.7 Å². The van der Waals surface area contributed by atoms with Gasteiger partial charge in [-0.05, 0) is 49.4 Å². The molecular formula is C26H25N5O4S2. The molecule has 1 atom stereocenters. The monoisotopic (exact) mass is 535 g/mol. The number of sulfonamides is 1. The number of ether oxygens (including phenoxy) is 1. The molecule has 37 heavy (non-hydrogen) atoms. The number of carbonyl (C=O) groups excluding carboxylic acids is 1. The van der Waals surface area contributed by atoms with Crippen molar-refractivity contribution in [2.45, 2.75) is 31.1 Å². The number of nitrogens with one attached hydrogen (secondary N) is 1. The fourth-order valence-electron chi connectivity index (χ4n) is 5.11. The lowest BCUT2D eigenvalue weighted by Crippen LogP contribution is -2.21. The van der Waals surface area contributed by atoms with E-state index in [0.29, 0.717) is 17.9 Å². The Kier molecular flexibility index (Phi) is 5.84. The van der Waals surface area contributed by atoms with E-state index in [9.17, 15) is 13.2 Å². The number of pyridine rings is 1. The zero-order valence-electron chi connectivity index (χ0n) is 20.4.